The third-order valence-electron chi connectivity index (χ3n) is 3.32. The summed E-state index contributed by atoms with van der Waals surface area (Å²) in [5.74, 6) is 1.01. The number of nitriles is 1. The van der Waals surface area contributed by atoms with Crippen molar-refractivity contribution in [1.29, 1.82) is 5.26 Å². The average Bonchev–Trinajstić information content (AvgIpc) is 2.93. The lowest BCUT2D eigenvalue weighted by Crippen LogP contribution is -2.01. The van der Waals surface area contributed by atoms with Gasteiger partial charge in [0.25, 0.3) is 0 Å². The van der Waals surface area contributed by atoms with E-state index in [9.17, 15) is 0 Å². The lowest BCUT2D eigenvalue weighted by Gasteiger charge is -2.11. The van der Waals surface area contributed by atoms with E-state index in [2.05, 4.69) is 39.4 Å². The minimum absolute atomic E-state index is 0.669. The summed E-state index contributed by atoms with van der Waals surface area (Å²) in [6, 6.07) is 13.8. The van der Waals surface area contributed by atoms with Crippen LogP contribution in [0.1, 0.15) is 16.7 Å². The Morgan fingerprint density at radius 1 is 1.25 bits per heavy atom. The highest BCUT2D eigenvalue weighted by Crippen LogP contribution is 2.33. The number of halogens is 1. The van der Waals surface area contributed by atoms with Gasteiger partial charge in [0.1, 0.15) is 5.75 Å². The maximum absolute atomic E-state index is 8.78. The molecule has 0 saturated carbocycles. The Morgan fingerprint density at radius 3 is 2.80 bits per heavy atom. The normalized spacial score (nSPS) is 12.4. The Kier molecular flexibility index (Phi) is 3.62. The summed E-state index contributed by atoms with van der Waals surface area (Å²) in [5.41, 5.74) is 4.07. The molecule has 0 aromatic heterocycles. The SMILES string of the molecule is N#Cc1ccc(NCc2cc(Br)cc3c2OCC3)cc1. The van der Waals surface area contributed by atoms with Gasteiger partial charge in [-0.05, 0) is 42.0 Å². The summed E-state index contributed by atoms with van der Waals surface area (Å²) in [5, 5.41) is 12.1. The molecular weight excluding hydrogens is 316 g/mol. The average molecular weight is 329 g/mol. The third-order valence-corrected chi connectivity index (χ3v) is 3.78. The van der Waals surface area contributed by atoms with Crippen LogP contribution in [0.25, 0.3) is 0 Å². The van der Waals surface area contributed by atoms with Crippen molar-refractivity contribution in [3.63, 3.8) is 0 Å². The lowest BCUT2D eigenvalue weighted by molar-refractivity contribution is 0.354. The molecule has 4 heteroatoms. The highest BCUT2D eigenvalue weighted by atomic mass is 79.9. The fraction of sp³-hybridized carbons (Fsp3) is 0.188. The maximum Gasteiger partial charge on any atom is 0.127 e. The van der Waals surface area contributed by atoms with Crippen molar-refractivity contribution in [2.24, 2.45) is 0 Å². The fourth-order valence-electron chi connectivity index (χ4n) is 2.34. The second-order valence-electron chi connectivity index (χ2n) is 4.69. The van der Waals surface area contributed by atoms with E-state index in [4.69, 9.17) is 10.00 Å². The van der Waals surface area contributed by atoms with Crippen molar-refractivity contribution in [3.8, 4) is 11.8 Å². The van der Waals surface area contributed by atoms with Gasteiger partial charge in [0.15, 0.2) is 0 Å². The Labute approximate surface area is 126 Å². The molecule has 100 valence electrons. The van der Waals surface area contributed by atoms with Gasteiger partial charge in [-0.25, -0.2) is 0 Å². The molecule has 0 aliphatic carbocycles. The van der Waals surface area contributed by atoms with Crippen molar-refractivity contribution in [2.75, 3.05) is 11.9 Å². The number of hydrogen-bond donors (Lipinski definition) is 1. The van der Waals surface area contributed by atoms with Crippen molar-refractivity contribution >= 4 is 21.6 Å². The van der Waals surface area contributed by atoms with Crippen LogP contribution >= 0.6 is 15.9 Å². The first-order chi connectivity index (χ1) is 9.76. The number of fused-ring (bicyclic) bond motifs is 1. The van der Waals surface area contributed by atoms with Crippen molar-refractivity contribution in [1.82, 2.24) is 0 Å². The molecule has 0 bridgehead atoms. The second-order valence-corrected chi connectivity index (χ2v) is 5.61. The molecule has 1 aliphatic rings. The Morgan fingerprint density at radius 2 is 2.05 bits per heavy atom. The number of rotatable bonds is 3. The predicted octanol–water partition coefficient (Wildman–Crippen LogP) is 3.87. The summed E-state index contributed by atoms with van der Waals surface area (Å²) in [7, 11) is 0. The number of nitrogens with one attached hydrogen (secondary N) is 1. The van der Waals surface area contributed by atoms with E-state index in [-0.39, 0.29) is 0 Å². The Balaban J connectivity index is 1.77. The molecule has 0 amide bonds. The lowest BCUT2D eigenvalue weighted by atomic mass is 10.1. The van der Waals surface area contributed by atoms with Crippen LogP contribution in [0.15, 0.2) is 40.9 Å². The first-order valence-electron chi connectivity index (χ1n) is 6.44. The van der Waals surface area contributed by atoms with Crippen LogP contribution in [-0.2, 0) is 13.0 Å². The van der Waals surface area contributed by atoms with Gasteiger partial charge in [0, 0.05) is 28.7 Å². The molecule has 1 heterocycles. The molecule has 1 aliphatic heterocycles. The molecule has 0 saturated heterocycles. The number of benzene rings is 2. The molecule has 0 radical (unpaired) electrons. The third kappa shape index (κ3) is 2.63. The zero-order valence-corrected chi connectivity index (χ0v) is 12.4. The quantitative estimate of drug-likeness (QED) is 0.930. The molecule has 3 rings (SSSR count). The zero-order valence-electron chi connectivity index (χ0n) is 10.8. The first-order valence-corrected chi connectivity index (χ1v) is 7.24. The summed E-state index contributed by atoms with van der Waals surface area (Å²) < 4.78 is 6.79. The number of hydrogen-bond acceptors (Lipinski definition) is 3. The number of ether oxygens (including phenoxy) is 1. The van der Waals surface area contributed by atoms with E-state index in [0.717, 1.165) is 34.5 Å². The van der Waals surface area contributed by atoms with Gasteiger partial charge >= 0.3 is 0 Å². The van der Waals surface area contributed by atoms with E-state index < -0.39 is 0 Å². The second kappa shape index (κ2) is 5.56. The van der Waals surface area contributed by atoms with E-state index in [1.54, 1.807) is 0 Å². The van der Waals surface area contributed by atoms with Gasteiger partial charge < -0.3 is 10.1 Å². The summed E-state index contributed by atoms with van der Waals surface area (Å²) in [6.45, 7) is 1.46. The largest absolute Gasteiger partial charge is 0.493 e. The van der Waals surface area contributed by atoms with Crippen LogP contribution in [0, 0.1) is 11.3 Å². The minimum atomic E-state index is 0.669. The number of anilines is 1. The van der Waals surface area contributed by atoms with Crippen LogP contribution in [0.2, 0.25) is 0 Å². The zero-order chi connectivity index (χ0) is 13.9. The van der Waals surface area contributed by atoms with Gasteiger partial charge in [-0.3, -0.25) is 0 Å². The van der Waals surface area contributed by atoms with Crippen LogP contribution in [-0.4, -0.2) is 6.61 Å². The molecule has 20 heavy (non-hydrogen) atoms. The van der Waals surface area contributed by atoms with E-state index in [1.165, 1.54) is 5.56 Å². The highest BCUT2D eigenvalue weighted by Gasteiger charge is 2.17. The smallest absolute Gasteiger partial charge is 0.127 e. The molecule has 0 fully saturated rings. The molecular formula is C16H13BrN2O. The van der Waals surface area contributed by atoms with Gasteiger partial charge in [0.2, 0.25) is 0 Å². The van der Waals surface area contributed by atoms with Gasteiger partial charge in [-0.2, -0.15) is 5.26 Å². The monoisotopic (exact) mass is 328 g/mol. The Hall–Kier alpha value is -1.99. The van der Waals surface area contributed by atoms with Gasteiger partial charge in [-0.1, -0.05) is 15.9 Å². The fourth-order valence-corrected chi connectivity index (χ4v) is 2.89. The van der Waals surface area contributed by atoms with E-state index in [1.807, 2.05) is 24.3 Å². The maximum atomic E-state index is 8.78. The van der Waals surface area contributed by atoms with Crippen molar-refractivity contribution in [2.45, 2.75) is 13.0 Å². The summed E-state index contributed by atoms with van der Waals surface area (Å²) in [4.78, 5) is 0. The van der Waals surface area contributed by atoms with Gasteiger partial charge in [0.05, 0.1) is 18.2 Å². The van der Waals surface area contributed by atoms with Gasteiger partial charge in [-0.15, -0.1) is 0 Å². The molecule has 2 aromatic rings. The predicted molar refractivity (Wildman–Crippen MR) is 81.8 cm³/mol. The molecule has 3 nitrogen and oxygen atoms in total. The summed E-state index contributed by atoms with van der Waals surface area (Å²) >= 11 is 3.54. The molecule has 0 atom stereocenters. The van der Waals surface area contributed by atoms with Crippen molar-refractivity contribution in [3.05, 3.63) is 57.6 Å². The van der Waals surface area contributed by atoms with Crippen LogP contribution in [0.5, 0.6) is 5.75 Å². The molecule has 0 unspecified atom stereocenters. The van der Waals surface area contributed by atoms with Crippen LogP contribution in [0.3, 0.4) is 0 Å². The topological polar surface area (TPSA) is 45.0 Å². The number of nitrogens with zero attached hydrogens (tertiary/aromatic N) is 1. The van der Waals surface area contributed by atoms with Crippen LogP contribution < -0.4 is 10.1 Å². The van der Waals surface area contributed by atoms with E-state index in [0.29, 0.717) is 12.1 Å². The molecule has 1 N–H and O–H groups in total. The minimum Gasteiger partial charge on any atom is -0.493 e. The first kappa shape index (κ1) is 13.0. The Bertz CT molecular complexity index is 674. The standard InChI is InChI=1S/C16H13BrN2O/c17-14-7-12-5-6-20-16(12)13(8-14)10-19-15-3-1-11(9-18)2-4-15/h1-4,7-8,19H,5-6,10H2. The molecule has 2 aromatic carbocycles. The summed E-state index contributed by atoms with van der Waals surface area (Å²) in [6.07, 6.45) is 0.971. The van der Waals surface area contributed by atoms with Crippen molar-refractivity contribution < 1.29 is 4.74 Å². The van der Waals surface area contributed by atoms with Crippen LogP contribution in [0.4, 0.5) is 5.69 Å². The molecule has 0 spiro atoms. The highest BCUT2D eigenvalue weighted by molar-refractivity contribution is 9.10. The van der Waals surface area contributed by atoms with E-state index >= 15 is 0 Å².